The Morgan fingerprint density at radius 2 is 1.39 bits per heavy atom. The van der Waals surface area contributed by atoms with Gasteiger partial charge in [0.1, 0.15) is 11.5 Å². The monoisotopic (exact) mass is 312 g/mol. The van der Waals surface area contributed by atoms with Crippen molar-refractivity contribution >= 4 is 0 Å². The van der Waals surface area contributed by atoms with Gasteiger partial charge in [0.05, 0.1) is 0 Å². The predicted molar refractivity (Wildman–Crippen MR) is 96.6 cm³/mol. The zero-order valence-corrected chi connectivity index (χ0v) is 15.1. The van der Waals surface area contributed by atoms with E-state index in [0.29, 0.717) is 17.9 Å². The first-order chi connectivity index (χ1) is 10.6. The Bertz CT molecular complexity index is 722. The zero-order valence-electron chi connectivity index (χ0n) is 15.1. The molecular formula is C21H28O2. The molecule has 0 radical (unpaired) electrons. The second-order valence-corrected chi connectivity index (χ2v) is 7.51. The van der Waals surface area contributed by atoms with Gasteiger partial charge in [-0.15, -0.1) is 0 Å². The van der Waals surface area contributed by atoms with E-state index in [4.69, 9.17) is 0 Å². The summed E-state index contributed by atoms with van der Waals surface area (Å²) in [6.45, 7) is 12.5. The third-order valence-corrected chi connectivity index (χ3v) is 4.42. The summed E-state index contributed by atoms with van der Waals surface area (Å²) in [4.78, 5) is 0. The molecule has 0 amide bonds. The third kappa shape index (κ3) is 3.69. The first kappa shape index (κ1) is 17.4. The van der Waals surface area contributed by atoms with E-state index in [2.05, 4.69) is 26.8 Å². The Balaban J connectivity index is 2.53. The molecule has 0 saturated carbocycles. The Labute approximate surface area is 139 Å². The lowest BCUT2D eigenvalue weighted by atomic mass is 9.84. The molecule has 0 unspecified atom stereocenters. The van der Waals surface area contributed by atoms with Crippen LogP contribution in [0, 0.1) is 13.8 Å². The van der Waals surface area contributed by atoms with Crippen molar-refractivity contribution in [3.05, 3.63) is 57.6 Å². The normalized spacial score (nSPS) is 11.7. The molecule has 2 aromatic carbocycles. The Hall–Kier alpha value is -1.96. The second-order valence-electron chi connectivity index (χ2n) is 7.51. The lowest BCUT2D eigenvalue weighted by molar-refractivity contribution is 0.456. The molecule has 0 saturated heterocycles. The van der Waals surface area contributed by atoms with Gasteiger partial charge >= 0.3 is 0 Å². The Morgan fingerprint density at radius 1 is 0.826 bits per heavy atom. The van der Waals surface area contributed by atoms with E-state index in [-0.39, 0.29) is 5.41 Å². The molecule has 0 aliphatic rings. The number of phenolic OH excluding ortho intramolecular Hbond substituents is 2. The zero-order chi connectivity index (χ0) is 17.4. The van der Waals surface area contributed by atoms with Crippen LogP contribution in [-0.2, 0) is 18.3 Å². The molecule has 0 aliphatic carbocycles. The first-order valence-electron chi connectivity index (χ1n) is 8.27. The molecular weight excluding hydrogens is 284 g/mol. The highest BCUT2D eigenvalue weighted by Crippen LogP contribution is 2.34. The molecule has 2 N–H and O–H groups in total. The fourth-order valence-electron chi connectivity index (χ4n) is 2.96. The third-order valence-electron chi connectivity index (χ3n) is 4.42. The highest BCUT2D eigenvalue weighted by Gasteiger charge is 2.18. The minimum atomic E-state index is 0.0242. The molecule has 2 heteroatoms. The Kier molecular flexibility index (Phi) is 4.74. The van der Waals surface area contributed by atoms with Crippen molar-refractivity contribution in [1.29, 1.82) is 0 Å². The predicted octanol–water partition coefficient (Wildman–Crippen LogP) is 5.17. The summed E-state index contributed by atoms with van der Waals surface area (Å²) < 4.78 is 0. The molecule has 2 rings (SSSR count). The fraction of sp³-hybridized carbons (Fsp3) is 0.429. The summed E-state index contributed by atoms with van der Waals surface area (Å²) in [6.07, 6.45) is 1.34. The average Bonchev–Trinajstić information content (AvgIpc) is 2.45. The van der Waals surface area contributed by atoms with Crippen LogP contribution in [0.25, 0.3) is 0 Å². The van der Waals surface area contributed by atoms with E-state index in [1.165, 1.54) is 5.56 Å². The van der Waals surface area contributed by atoms with Crippen LogP contribution in [0.3, 0.4) is 0 Å². The topological polar surface area (TPSA) is 40.5 Å². The van der Waals surface area contributed by atoms with Gasteiger partial charge in [0.2, 0.25) is 0 Å². The van der Waals surface area contributed by atoms with Gasteiger partial charge in [-0.2, -0.15) is 0 Å². The molecule has 0 aliphatic heterocycles. The van der Waals surface area contributed by atoms with Crippen LogP contribution in [0.1, 0.15) is 61.1 Å². The molecule has 0 aromatic heterocycles. The van der Waals surface area contributed by atoms with E-state index in [1.54, 1.807) is 0 Å². The van der Waals surface area contributed by atoms with Crippen LogP contribution in [0.4, 0.5) is 0 Å². The largest absolute Gasteiger partial charge is 0.507 e. The minimum absolute atomic E-state index is 0.0242. The summed E-state index contributed by atoms with van der Waals surface area (Å²) >= 11 is 0. The van der Waals surface area contributed by atoms with Crippen LogP contribution >= 0.6 is 0 Å². The van der Waals surface area contributed by atoms with Crippen LogP contribution < -0.4 is 0 Å². The number of aromatic hydroxyl groups is 2. The van der Waals surface area contributed by atoms with Crippen molar-refractivity contribution in [3.63, 3.8) is 0 Å². The summed E-state index contributed by atoms with van der Waals surface area (Å²) in [5, 5.41) is 20.9. The van der Waals surface area contributed by atoms with Gasteiger partial charge in [0.25, 0.3) is 0 Å². The standard InChI is InChI=1S/C21H28O2/c1-7-15-8-13(2)9-16(20(15)23)11-17-12-18(21(4,5)6)10-14(3)19(17)22/h8-10,12,22-23H,7,11H2,1-6H3. The molecule has 0 atom stereocenters. The summed E-state index contributed by atoms with van der Waals surface area (Å²) in [6, 6.07) is 8.14. The molecule has 0 heterocycles. The van der Waals surface area contributed by atoms with Crippen molar-refractivity contribution in [1.82, 2.24) is 0 Å². The minimum Gasteiger partial charge on any atom is -0.507 e. The van der Waals surface area contributed by atoms with Crippen molar-refractivity contribution < 1.29 is 10.2 Å². The maximum atomic E-state index is 10.5. The average molecular weight is 312 g/mol. The van der Waals surface area contributed by atoms with Gasteiger partial charge < -0.3 is 10.2 Å². The van der Waals surface area contributed by atoms with Crippen molar-refractivity contribution in [2.45, 2.75) is 59.8 Å². The number of benzene rings is 2. The highest BCUT2D eigenvalue weighted by atomic mass is 16.3. The number of hydrogen-bond acceptors (Lipinski definition) is 2. The quantitative estimate of drug-likeness (QED) is 0.821. The van der Waals surface area contributed by atoms with Crippen LogP contribution in [-0.4, -0.2) is 10.2 Å². The van der Waals surface area contributed by atoms with Crippen LogP contribution in [0.15, 0.2) is 24.3 Å². The molecule has 23 heavy (non-hydrogen) atoms. The molecule has 124 valence electrons. The lowest BCUT2D eigenvalue weighted by Gasteiger charge is -2.22. The fourth-order valence-corrected chi connectivity index (χ4v) is 2.96. The maximum Gasteiger partial charge on any atom is 0.122 e. The molecule has 2 nitrogen and oxygen atoms in total. The van der Waals surface area contributed by atoms with E-state index in [1.807, 2.05) is 39.0 Å². The van der Waals surface area contributed by atoms with Crippen molar-refractivity contribution in [2.75, 3.05) is 0 Å². The molecule has 0 spiro atoms. The van der Waals surface area contributed by atoms with Gasteiger partial charge in [-0.3, -0.25) is 0 Å². The number of rotatable bonds is 3. The summed E-state index contributed by atoms with van der Waals surface area (Å²) in [5.41, 5.74) is 5.96. The maximum absolute atomic E-state index is 10.5. The van der Waals surface area contributed by atoms with E-state index in [0.717, 1.165) is 34.2 Å². The Morgan fingerprint density at radius 3 is 1.96 bits per heavy atom. The number of hydrogen-bond donors (Lipinski definition) is 2. The van der Waals surface area contributed by atoms with E-state index in [9.17, 15) is 10.2 Å². The van der Waals surface area contributed by atoms with Gasteiger partial charge in [0, 0.05) is 6.42 Å². The summed E-state index contributed by atoms with van der Waals surface area (Å²) in [7, 11) is 0. The first-order valence-corrected chi connectivity index (χ1v) is 8.27. The highest BCUT2D eigenvalue weighted by molar-refractivity contribution is 5.51. The van der Waals surface area contributed by atoms with E-state index < -0.39 is 0 Å². The van der Waals surface area contributed by atoms with Gasteiger partial charge in [-0.05, 0) is 53.5 Å². The van der Waals surface area contributed by atoms with Gasteiger partial charge in [-0.25, -0.2) is 0 Å². The van der Waals surface area contributed by atoms with Crippen LogP contribution in [0.2, 0.25) is 0 Å². The molecule has 2 aromatic rings. The number of aryl methyl sites for hydroxylation is 3. The van der Waals surface area contributed by atoms with Gasteiger partial charge in [-0.1, -0.05) is 57.5 Å². The molecule has 0 fully saturated rings. The molecule has 0 bridgehead atoms. The van der Waals surface area contributed by atoms with E-state index >= 15 is 0 Å². The van der Waals surface area contributed by atoms with Gasteiger partial charge in [0.15, 0.2) is 0 Å². The van der Waals surface area contributed by atoms with Crippen molar-refractivity contribution in [3.8, 4) is 11.5 Å². The summed E-state index contributed by atoms with van der Waals surface area (Å²) in [5.74, 6) is 0.688. The SMILES string of the molecule is CCc1cc(C)cc(Cc2cc(C(C)(C)C)cc(C)c2O)c1O. The lowest BCUT2D eigenvalue weighted by Crippen LogP contribution is -2.12. The van der Waals surface area contributed by atoms with Crippen LogP contribution in [0.5, 0.6) is 11.5 Å². The number of phenols is 2. The van der Waals surface area contributed by atoms with Crippen molar-refractivity contribution in [2.24, 2.45) is 0 Å². The smallest absolute Gasteiger partial charge is 0.122 e. The second kappa shape index (κ2) is 6.27.